The van der Waals surface area contributed by atoms with Gasteiger partial charge in [-0.3, -0.25) is 9.69 Å². The number of aryl methyl sites for hydroxylation is 1. The zero-order valence-electron chi connectivity index (χ0n) is 17.2. The summed E-state index contributed by atoms with van der Waals surface area (Å²) in [6.45, 7) is 5.37. The van der Waals surface area contributed by atoms with Crippen LogP contribution in [0.15, 0.2) is 29.1 Å². The highest BCUT2D eigenvalue weighted by Crippen LogP contribution is 2.31. The predicted molar refractivity (Wildman–Crippen MR) is 114 cm³/mol. The van der Waals surface area contributed by atoms with Gasteiger partial charge in [0, 0.05) is 32.0 Å². The molecule has 29 heavy (non-hydrogen) atoms. The molecule has 0 bridgehead atoms. The summed E-state index contributed by atoms with van der Waals surface area (Å²) in [5, 5.41) is 0. The first-order valence-corrected chi connectivity index (χ1v) is 11.0. The van der Waals surface area contributed by atoms with Gasteiger partial charge in [0.25, 0.3) is 5.56 Å². The highest BCUT2D eigenvalue weighted by atomic mass is 16.1. The smallest absolute Gasteiger partial charge is 0.255 e. The van der Waals surface area contributed by atoms with Crippen molar-refractivity contribution in [2.75, 3.05) is 6.54 Å². The molecule has 6 nitrogen and oxygen atoms in total. The second kappa shape index (κ2) is 7.75. The van der Waals surface area contributed by atoms with Gasteiger partial charge in [-0.25, -0.2) is 9.97 Å². The minimum atomic E-state index is 0.0595. The molecule has 0 radical (unpaired) electrons. The van der Waals surface area contributed by atoms with E-state index in [1.807, 2.05) is 6.07 Å². The van der Waals surface area contributed by atoms with Crippen LogP contribution in [0.2, 0.25) is 0 Å². The molecule has 6 heteroatoms. The molecule has 0 amide bonds. The van der Waals surface area contributed by atoms with Gasteiger partial charge in [-0.2, -0.15) is 0 Å². The lowest BCUT2D eigenvalue weighted by atomic mass is 9.88. The van der Waals surface area contributed by atoms with Crippen LogP contribution in [0, 0.1) is 0 Å². The maximum absolute atomic E-state index is 12.8. The Morgan fingerprint density at radius 1 is 1.14 bits per heavy atom. The van der Waals surface area contributed by atoms with Crippen molar-refractivity contribution in [1.82, 2.24) is 24.4 Å². The van der Waals surface area contributed by atoms with Crippen molar-refractivity contribution in [3.05, 3.63) is 57.5 Å². The largest absolute Gasteiger partial charge is 0.327 e. The minimum absolute atomic E-state index is 0.0595. The van der Waals surface area contributed by atoms with Gasteiger partial charge < -0.3 is 9.55 Å². The van der Waals surface area contributed by atoms with Crippen LogP contribution < -0.4 is 5.56 Å². The van der Waals surface area contributed by atoms with Gasteiger partial charge >= 0.3 is 0 Å². The molecule has 2 aliphatic rings. The van der Waals surface area contributed by atoms with E-state index < -0.39 is 0 Å². The van der Waals surface area contributed by atoms with Crippen molar-refractivity contribution in [3.63, 3.8) is 0 Å². The molecule has 0 saturated heterocycles. The average Bonchev–Trinajstić information content (AvgIpc) is 3.11. The summed E-state index contributed by atoms with van der Waals surface area (Å²) < 4.78 is 2.28. The Balaban J connectivity index is 1.38. The second-order valence-electron chi connectivity index (χ2n) is 8.43. The van der Waals surface area contributed by atoms with E-state index in [0.29, 0.717) is 12.5 Å². The average molecular weight is 392 g/mol. The number of nitrogens with zero attached hydrogens (tertiary/aromatic N) is 4. The number of aromatic amines is 1. The fourth-order valence-electron chi connectivity index (χ4n) is 5.00. The van der Waals surface area contributed by atoms with Crippen LogP contribution >= 0.6 is 0 Å². The Kier molecular flexibility index (Phi) is 4.96. The van der Waals surface area contributed by atoms with Crippen LogP contribution in [-0.4, -0.2) is 31.0 Å². The normalized spacial score (nSPS) is 18.2. The van der Waals surface area contributed by atoms with Crippen LogP contribution in [0.1, 0.15) is 67.9 Å². The molecule has 5 rings (SSSR count). The zero-order chi connectivity index (χ0) is 19.8. The standard InChI is InChI=1S/C23H29N5O/c1-2-28-20-11-7-6-10-19(20)24-21(28)15-27-13-12-18-17(14-27)23(29)26-22(25-18)16-8-4-3-5-9-16/h6-7,10-11,16H,2-5,8-9,12-15H2,1H3,(H,25,26,29). The molecule has 1 N–H and O–H groups in total. The van der Waals surface area contributed by atoms with Gasteiger partial charge in [-0.15, -0.1) is 0 Å². The van der Waals surface area contributed by atoms with Crippen LogP contribution in [0.3, 0.4) is 0 Å². The molecule has 1 aliphatic heterocycles. The summed E-state index contributed by atoms with van der Waals surface area (Å²) in [6, 6.07) is 8.29. The number of hydrogen-bond donors (Lipinski definition) is 1. The topological polar surface area (TPSA) is 66.8 Å². The maximum Gasteiger partial charge on any atom is 0.255 e. The molecule has 2 aromatic heterocycles. The van der Waals surface area contributed by atoms with Gasteiger partial charge in [0.1, 0.15) is 11.6 Å². The fraction of sp³-hybridized carbons (Fsp3) is 0.522. The number of nitrogens with one attached hydrogen (secondary N) is 1. The SMILES string of the molecule is CCn1c(CN2CCc3nc(C4CCCCC4)[nH]c(=O)c3C2)nc2ccccc21. The first-order valence-electron chi connectivity index (χ1n) is 11.0. The Morgan fingerprint density at radius 2 is 1.97 bits per heavy atom. The highest BCUT2D eigenvalue weighted by Gasteiger charge is 2.25. The molecule has 1 fully saturated rings. The Hall–Kier alpha value is -2.47. The van der Waals surface area contributed by atoms with E-state index in [9.17, 15) is 4.79 Å². The number of rotatable bonds is 4. The van der Waals surface area contributed by atoms with Crippen LogP contribution in [0.25, 0.3) is 11.0 Å². The first kappa shape index (κ1) is 18.6. The minimum Gasteiger partial charge on any atom is -0.327 e. The first-order chi connectivity index (χ1) is 14.2. The number of imidazole rings is 1. The Bertz CT molecular complexity index is 1080. The lowest BCUT2D eigenvalue weighted by molar-refractivity contribution is 0.232. The number of aromatic nitrogens is 4. The fourth-order valence-corrected chi connectivity index (χ4v) is 5.00. The van der Waals surface area contributed by atoms with Gasteiger partial charge in [0.15, 0.2) is 0 Å². The third kappa shape index (κ3) is 3.50. The molecule has 0 unspecified atom stereocenters. The number of hydrogen-bond acceptors (Lipinski definition) is 4. The van der Waals surface area contributed by atoms with Crippen molar-refractivity contribution in [2.24, 2.45) is 0 Å². The summed E-state index contributed by atoms with van der Waals surface area (Å²) in [4.78, 5) is 28.0. The van der Waals surface area contributed by atoms with E-state index in [1.54, 1.807) is 0 Å². The third-order valence-corrected chi connectivity index (χ3v) is 6.57. The van der Waals surface area contributed by atoms with Crippen molar-refractivity contribution >= 4 is 11.0 Å². The predicted octanol–water partition coefficient (Wildman–Crippen LogP) is 3.75. The van der Waals surface area contributed by atoms with Gasteiger partial charge in [0.05, 0.1) is 28.8 Å². The number of benzene rings is 1. The van der Waals surface area contributed by atoms with E-state index in [-0.39, 0.29) is 5.56 Å². The number of para-hydroxylation sites is 2. The van der Waals surface area contributed by atoms with E-state index in [2.05, 4.69) is 39.6 Å². The van der Waals surface area contributed by atoms with Crippen molar-refractivity contribution in [2.45, 2.75) is 71.0 Å². The summed E-state index contributed by atoms with van der Waals surface area (Å²) in [5.74, 6) is 2.43. The van der Waals surface area contributed by atoms with E-state index in [4.69, 9.17) is 9.97 Å². The molecule has 0 spiro atoms. The molecule has 3 heterocycles. The molecule has 0 atom stereocenters. The Morgan fingerprint density at radius 3 is 2.79 bits per heavy atom. The van der Waals surface area contributed by atoms with E-state index >= 15 is 0 Å². The molecule has 152 valence electrons. The van der Waals surface area contributed by atoms with Gasteiger partial charge in [-0.05, 0) is 31.9 Å². The third-order valence-electron chi connectivity index (χ3n) is 6.57. The van der Waals surface area contributed by atoms with Crippen LogP contribution in [-0.2, 0) is 26.1 Å². The number of fused-ring (bicyclic) bond motifs is 2. The van der Waals surface area contributed by atoms with Crippen LogP contribution in [0.4, 0.5) is 0 Å². The van der Waals surface area contributed by atoms with E-state index in [1.165, 1.54) is 24.8 Å². The maximum atomic E-state index is 12.8. The van der Waals surface area contributed by atoms with Crippen molar-refractivity contribution in [3.8, 4) is 0 Å². The lowest BCUT2D eigenvalue weighted by Crippen LogP contribution is -2.36. The lowest BCUT2D eigenvalue weighted by Gasteiger charge is -2.28. The van der Waals surface area contributed by atoms with Crippen LogP contribution in [0.5, 0.6) is 0 Å². The monoisotopic (exact) mass is 391 g/mol. The molecule has 1 aliphatic carbocycles. The van der Waals surface area contributed by atoms with Crippen molar-refractivity contribution in [1.29, 1.82) is 0 Å². The molecular weight excluding hydrogens is 362 g/mol. The van der Waals surface area contributed by atoms with Gasteiger partial charge in [-0.1, -0.05) is 31.4 Å². The van der Waals surface area contributed by atoms with Crippen molar-refractivity contribution < 1.29 is 0 Å². The second-order valence-corrected chi connectivity index (χ2v) is 8.43. The van der Waals surface area contributed by atoms with E-state index in [0.717, 1.165) is 67.3 Å². The summed E-state index contributed by atoms with van der Waals surface area (Å²) in [6.07, 6.45) is 6.95. The summed E-state index contributed by atoms with van der Waals surface area (Å²) in [5.41, 5.74) is 4.13. The quantitative estimate of drug-likeness (QED) is 0.736. The van der Waals surface area contributed by atoms with Gasteiger partial charge in [0.2, 0.25) is 0 Å². The molecule has 1 saturated carbocycles. The Labute approximate surface area is 171 Å². The molecular formula is C23H29N5O. The number of H-pyrrole nitrogens is 1. The zero-order valence-corrected chi connectivity index (χ0v) is 17.2. The highest BCUT2D eigenvalue weighted by molar-refractivity contribution is 5.75. The summed E-state index contributed by atoms with van der Waals surface area (Å²) >= 11 is 0. The summed E-state index contributed by atoms with van der Waals surface area (Å²) in [7, 11) is 0. The molecule has 1 aromatic carbocycles. The molecule has 3 aromatic rings.